The fourth-order valence-electron chi connectivity index (χ4n) is 2.43. The van der Waals surface area contributed by atoms with Crippen molar-refractivity contribution >= 4 is 5.69 Å². The zero-order valence-corrected chi connectivity index (χ0v) is 13.6. The van der Waals surface area contributed by atoms with Crippen molar-refractivity contribution in [1.82, 2.24) is 0 Å². The Bertz CT molecular complexity index is 579. The van der Waals surface area contributed by atoms with E-state index < -0.39 is 0 Å². The van der Waals surface area contributed by atoms with Crippen LogP contribution in [0.3, 0.4) is 0 Å². The van der Waals surface area contributed by atoms with Gasteiger partial charge in [-0.2, -0.15) is 0 Å². The first-order valence-corrected chi connectivity index (χ1v) is 7.38. The monoisotopic (exact) mass is 283 g/mol. The lowest BCUT2D eigenvalue weighted by Crippen LogP contribution is -2.38. The maximum absolute atomic E-state index is 10.2. The van der Waals surface area contributed by atoms with E-state index in [0.717, 1.165) is 5.69 Å². The van der Waals surface area contributed by atoms with Crippen molar-refractivity contribution in [3.63, 3.8) is 0 Å². The Hall–Kier alpha value is -1.80. The molecule has 0 aliphatic carbocycles. The third-order valence-electron chi connectivity index (χ3n) is 3.96. The lowest BCUT2D eigenvalue weighted by Gasteiger charge is -2.32. The molecule has 0 heterocycles. The predicted molar refractivity (Wildman–Crippen MR) is 89.0 cm³/mol. The molecule has 0 aromatic heterocycles. The molecule has 0 saturated carbocycles. The topological polar surface area (TPSA) is 23.5 Å². The summed E-state index contributed by atoms with van der Waals surface area (Å²) in [4.78, 5) is 0. The quantitative estimate of drug-likeness (QED) is 0.801. The second-order valence-corrected chi connectivity index (χ2v) is 7.02. The van der Waals surface area contributed by atoms with Crippen molar-refractivity contribution in [3.8, 4) is 0 Å². The summed E-state index contributed by atoms with van der Waals surface area (Å²) >= 11 is 0. The first kappa shape index (κ1) is 15.6. The smallest absolute Gasteiger partial charge is 0.0640 e. The van der Waals surface area contributed by atoms with Crippen LogP contribution in [0.4, 0.5) is 5.69 Å². The molecule has 0 amide bonds. The number of hydrogen-bond acceptors (Lipinski definition) is 2. The van der Waals surface area contributed by atoms with E-state index in [1.165, 1.54) is 16.2 Å². The van der Waals surface area contributed by atoms with E-state index >= 15 is 0 Å². The summed E-state index contributed by atoms with van der Waals surface area (Å²) in [6, 6.07) is 18.6. The van der Waals surface area contributed by atoms with Gasteiger partial charge in [-0.3, -0.25) is 10.3 Å². The van der Waals surface area contributed by atoms with E-state index in [1.807, 2.05) is 39.0 Å². The molecule has 0 fully saturated rings. The molecule has 0 aliphatic heterocycles. The second kappa shape index (κ2) is 5.53. The number of benzene rings is 2. The maximum atomic E-state index is 10.2. The van der Waals surface area contributed by atoms with Gasteiger partial charge in [-0.15, -0.1) is 0 Å². The van der Waals surface area contributed by atoms with Crippen LogP contribution >= 0.6 is 0 Å². The summed E-state index contributed by atoms with van der Waals surface area (Å²) in [6.45, 7) is 10.4. The predicted octanol–water partition coefficient (Wildman–Crippen LogP) is 5.01. The minimum absolute atomic E-state index is 0.0538. The van der Waals surface area contributed by atoms with Gasteiger partial charge in [0.25, 0.3) is 0 Å². The largest absolute Gasteiger partial charge is 0.288 e. The SMILES string of the molecule is CC(C)(c1ccccc1)c1ccc(N(O)C(C)(C)C)cc1. The standard InChI is InChI=1S/C19H25NO/c1-18(2,3)20(21)17-13-11-16(12-14-17)19(4,5)15-9-7-6-8-10-15/h6-14,21H,1-5H3. The molecule has 112 valence electrons. The van der Waals surface area contributed by atoms with Gasteiger partial charge < -0.3 is 0 Å². The fourth-order valence-corrected chi connectivity index (χ4v) is 2.43. The van der Waals surface area contributed by atoms with Crippen LogP contribution in [0.5, 0.6) is 0 Å². The van der Waals surface area contributed by atoms with Gasteiger partial charge in [0, 0.05) is 5.41 Å². The normalized spacial score (nSPS) is 12.3. The van der Waals surface area contributed by atoms with Crippen LogP contribution in [0.1, 0.15) is 45.7 Å². The van der Waals surface area contributed by atoms with E-state index in [1.54, 1.807) is 0 Å². The highest BCUT2D eigenvalue weighted by Gasteiger charge is 2.24. The number of anilines is 1. The molecule has 0 spiro atoms. The maximum Gasteiger partial charge on any atom is 0.0640 e. The summed E-state index contributed by atoms with van der Waals surface area (Å²) in [5, 5.41) is 11.5. The van der Waals surface area contributed by atoms with Gasteiger partial charge >= 0.3 is 0 Å². The third-order valence-corrected chi connectivity index (χ3v) is 3.96. The van der Waals surface area contributed by atoms with Gasteiger partial charge in [-0.25, -0.2) is 0 Å². The molecule has 0 bridgehead atoms. The molecule has 2 nitrogen and oxygen atoms in total. The van der Waals surface area contributed by atoms with Crippen molar-refractivity contribution in [2.75, 3.05) is 5.06 Å². The Morgan fingerprint density at radius 1 is 0.714 bits per heavy atom. The van der Waals surface area contributed by atoms with Crippen LogP contribution in [-0.4, -0.2) is 10.7 Å². The van der Waals surface area contributed by atoms with Crippen LogP contribution in [0, 0.1) is 0 Å². The van der Waals surface area contributed by atoms with E-state index in [0.29, 0.717) is 0 Å². The zero-order chi connectivity index (χ0) is 15.7. The Balaban J connectivity index is 2.31. The average Bonchev–Trinajstić information content (AvgIpc) is 2.46. The van der Waals surface area contributed by atoms with Crippen LogP contribution in [-0.2, 0) is 5.41 Å². The fraction of sp³-hybridized carbons (Fsp3) is 0.368. The number of rotatable bonds is 3. The summed E-state index contributed by atoms with van der Waals surface area (Å²) in [5.41, 5.74) is 2.97. The average molecular weight is 283 g/mol. The van der Waals surface area contributed by atoms with Gasteiger partial charge in [0.15, 0.2) is 0 Å². The van der Waals surface area contributed by atoms with Crippen LogP contribution < -0.4 is 5.06 Å². The highest BCUT2D eigenvalue weighted by atomic mass is 16.5. The summed E-state index contributed by atoms with van der Waals surface area (Å²) in [5.74, 6) is 0. The van der Waals surface area contributed by atoms with Crippen molar-refractivity contribution in [2.24, 2.45) is 0 Å². The highest BCUT2D eigenvalue weighted by Crippen LogP contribution is 2.32. The van der Waals surface area contributed by atoms with E-state index in [-0.39, 0.29) is 11.0 Å². The van der Waals surface area contributed by atoms with E-state index in [9.17, 15) is 5.21 Å². The van der Waals surface area contributed by atoms with Gasteiger partial charge in [0.2, 0.25) is 0 Å². The molecule has 0 aliphatic rings. The van der Waals surface area contributed by atoms with Crippen molar-refractivity contribution in [2.45, 2.75) is 45.6 Å². The minimum Gasteiger partial charge on any atom is -0.288 e. The molecule has 2 heteroatoms. The Morgan fingerprint density at radius 3 is 1.67 bits per heavy atom. The Morgan fingerprint density at radius 2 is 1.19 bits per heavy atom. The second-order valence-electron chi connectivity index (χ2n) is 7.02. The molecule has 21 heavy (non-hydrogen) atoms. The van der Waals surface area contributed by atoms with Crippen LogP contribution in [0.25, 0.3) is 0 Å². The molecule has 2 rings (SSSR count). The molecule has 0 saturated heterocycles. The Kier molecular flexibility index (Phi) is 4.11. The van der Waals surface area contributed by atoms with E-state index in [4.69, 9.17) is 0 Å². The number of hydrogen-bond donors (Lipinski definition) is 1. The molecule has 2 aromatic carbocycles. The lowest BCUT2D eigenvalue weighted by atomic mass is 9.78. The first-order valence-electron chi connectivity index (χ1n) is 7.38. The van der Waals surface area contributed by atoms with Gasteiger partial charge in [0.1, 0.15) is 0 Å². The molecule has 2 aromatic rings. The summed E-state index contributed by atoms with van der Waals surface area (Å²) in [7, 11) is 0. The summed E-state index contributed by atoms with van der Waals surface area (Å²) < 4.78 is 0. The molecule has 0 radical (unpaired) electrons. The third kappa shape index (κ3) is 3.27. The summed E-state index contributed by atoms with van der Waals surface area (Å²) in [6.07, 6.45) is 0. The van der Waals surface area contributed by atoms with E-state index in [2.05, 4.69) is 50.2 Å². The van der Waals surface area contributed by atoms with Crippen LogP contribution in [0.2, 0.25) is 0 Å². The Labute approximate surface area is 128 Å². The molecular weight excluding hydrogens is 258 g/mol. The van der Waals surface area contributed by atoms with Gasteiger partial charge in [-0.1, -0.05) is 56.3 Å². The molecule has 0 atom stereocenters. The van der Waals surface area contributed by atoms with Crippen molar-refractivity contribution < 1.29 is 5.21 Å². The van der Waals surface area contributed by atoms with Gasteiger partial charge in [0.05, 0.1) is 11.2 Å². The van der Waals surface area contributed by atoms with Crippen LogP contribution in [0.15, 0.2) is 54.6 Å². The molecule has 0 unspecified atom stereocenters. The molecular formula is C19H25NO. The number of nitrogens with zero attached hydrogens (tertiary/aromatic N) is 1. The van der Waals surface area contributed by atoms with Crippen molar-refractivity contribution in [1.29, 1.82) is 0 Å². The first-order chi connectivity index (χ1) is 9.73. The van der Waals surface area contributed by atoms with Gasteiger partial charge in [-0.05, 0) is 44.0 Å². The van der Waals surface area contributed by atoms with Crippen molar-refractivity contribution in [3.05, 3.63) is 65.7 Å². The zero-order valence-electron chi connectivity index (χ0n) is 13.6. The highest BCUT2D eigenvalue weighted by molar-refractivity contribution is 5.49. The molecule has 1 N–H and O–H groups in total. The lowest BCUT2D eigenvalue weighted by molar-refractivity contribution is 0.181. The minimum atomic E-state index is -0.309. The number of hydroxylamine groups is 1.